The summed E-state index contributed by atoms with van der Waals surface area (Å²) in [5, 5.41) is 2.41. The van der Waals surface area contributed by atoms with Crippen molar-refractivity contribution in [2.75, 3.05) is 10.8 Å². The molecule has 10 heteroatoms. The van der Waals surface area contributed by atoms with Crippen molar-refractivity contribution in [2.45, 2.75) is 11.7 Å². The highest BCUT2D eigenvalue weighted by atomic mass is 32.2. The Labute approximate surface area is 115 Å². The Morgan fingerprint density at radius 3 is 2.90 bits per heavy atom. The summed E-state index contributed by atoms with van der Waals surface area (Å²) in [5.41, 5.74) is 8.55. The van der Waals surface area contributed by atoms with Crippen LogP contribution in [0.2, 0.25) is 0 Å². The van der Waals surface area contributed by atoms with Crippen molar-refractivity contribution in [1.82, 2.24) is 0 Å². The molecule has 1 aromatic rings. The Kier molecular flexibility index (Phi) is 3.96. The number of alkyl halides is 3. The molecule has 2 rings (SSSR count). The summed E-state index contributed by atoms with van der Waals surface area (Å²) in [6.07, 6.45) is -4.80. The first-order chi connectivity index (χ1) is 9.40. The molecule has 0 bridgehead atoms. The molecule has 1 aliphatic rings. The largest absolute Gasteiger partial charge is 0.573 e. The number of carbonyl (C=O) groups excluding carboxylic acids is 1. The fourth-order valence-electron chi connectivity index (χ4n) is 1.59. The average molecular weight is 304 g/mol. The first-order valence-corrected chi connectivity index (χ1v) is 6.28. The summed E-state index contributed by atoms with van der Waals surface area (Å²) >= 11 is 1.09. The maximum atomic E-state index is 12.1. The first-order valence-electron chi connectivity index (χ1n) is 5.24. The topological polar surface area (TPSA) is 78.3 Å². The van der Waals surface area contributed by atoms with Crippen molar-refractivity contribution >= 4 is 23.4 Å². The van der Waals surface area contributed by atoms with E-state index in [2.05, 4.69) is 14.8 Å². The molecule has 0 saturated carbocycles. The molecule has 0 N–H and O–H groups in total. The third kappa shape index (κ3) is 3.28. The van der Waals surface area contributed by atoms with Crippen LogP contribution in [-0.2, 0) is 4.79 Å². The lowest BCUT2D eigenvalue weighted by Crippen LogP contribution is -2.28. The molecule has 1 amide bonds. The minimum absolute atomic E-state index is 0.192. The zero-order valence-electron chi connectivity index (χ0n) is 9.74. The van der Waals surface area contributed by atoms with Gasteiger partial charge in [0, 0.05) is 16.7 Å². The van der Waals surface area contributed by atoms with Crippen molar-refractivity contribution < 1.29 is 22.7 Å². The van der Waals surface area contributed by atoms with Crippen LogP contribution in [0.4, 0.5) is 18.9 Å². The Bertz CT molecular complexity index is 574. The molecule has 1 heterocycles. The van der Waals surface area contributed by atoms with Crippen LogP contribution in [0.5, 0.6) is 5.75 Å². The van der Waals surface area contributed by atoms with Crippen LogP contribution in [0.25, 0.3) is 10.4 Å². The molecular weight excluding hydrogens is 297 g/mol. The van der Waals surface area contributed by atoms with Crippen molar-refractivity contribution in [1.29, 1.82) is 0 Å². The Morgan fingerprint density at radius 1 is 1.50 bits per heavy atom. The molecule has 0 radical (unpaired) electrons. The van der Waals surface area contributed by atoms with E-state index in [0.717, 1.165) is 23.9 Å². The lowest BCUT2D eigenvalue weighted by Gasteiger charge is -2.16. The van der Waals surface area contributed by atoms with Gasteiger partial charge in [-0.25, -0.2) is 0 Å². The Hall–Kier alpha value is -2.06. The lowest BCUT2D eigenvalue weighted by atomic mass is 10.2. The number of hydrogen-bond donors (Lipinski definition) is 0. The van der Waals surface area contributed by atoms with E-state index in [1.54, 1.807) is 0 Å². The normalized spacial score (nSPS) is 18.9. The maximum absolute atomic E-state index is 12.1. The number of ether oxygens (including phenoxy) is 1. The number of amides is 1. The van der Waals surface area contributed by atoms with Gasteiger partial charge < -0.3 is 9.64 Å². The van der Waals surface area contributed by atoms with Gasteiger partial charge in [0.2, 0.25) is 5.91 Å². The van der Waals surface area contributed by atoms with Crippen LogP contribution >= 0.6 is 11.8 Å². The van der Waals surface area contributed by atoms with Crippen LogP contribution in [-0.4, -0.2) is 23.5 Å². The van der Waals surface area contributed by atoms with Gasteiger partial charge in [0.15, 0.2) is 5.37 Å². The second-order valence-corrected chi connectivity index (χ2v) is 4.70. The molecule has 0 spiro atoms. The van der Waals surface area contributed by atoms with Crippen molar-refractivity contribution in [3.05, 3.63) is 34.7 Å². The maximum Gasteiger partial charge on any atom is 0.573 e. The molecule has 20 heavy (non-hydrogen) atoms. The van der Waals surface area contributed by atoms with E-state index in [1.807, 2.05) is 0 Å². The van der Waals surface area contributed by atoms with E-state index in [4.69, 9.17) is 5.53 Å². The van der Waals surface area contributed by atoms with Gasteiger partial charge in [-0.15, -0.1) is 24.9 Å². The number of anilines is 1. The number of benzene rings is 1. The standard InChI is InChI=1S/C10H7F3N4O2S/c11-10(12,13)19-7-3-1-2-6(4-7)17-5-20-8(9(17)18)15-16-14/h1-4,8H,5H2. The second kappa shape index (κ2) is 5.51. The van der Waals surface area contributed by atoms with Crippen LogP contribution in [0.15, 0.2) is 29.4 Å². The van der Waals surface area contributed by atoms with E-state index < -0.39 is 23.4 Å². The highest BCUT2D eigenvalue weighted by Gasteiger charge is 2.34. The van der Waals surface area contributed by atoms with E-state index in [0.29, 0.717) is 0 Å². The van der Waals surface area contributed by atoms with E-state index in [1.165, 1.54) is 17.0 Å². The minimum Gasteiger partial charge on any atom is -0.406 e. The second-order valence-electron chi connectivity index (χ2n) is 3.66. The summed E-state index contributed by atoms with van der Waals surface area (Å²) in [5.74, 6) is -0.699. The highest BCUT2D eigenvalue weighted by Crippen LogP contribution is 2.33. The quantitative estimate of drug-likeness (QED) is 0.488. The van der Waals surface area contributed by atoms with Gasteiger partial charge in [0.1, 0.15) is 5.75 Å². The summed E-state index contributed by atoms with van der Waals surface area (Å²) in [7, 11) is 0. The van der Waals surface area contributed by atoms with Gasteiger partial charge in [-0.1, -0.05) is 11.2 Å². The smallest absolute Gasteiger partial charge is 0.406 e. The number of azide groups is 1. The first kappa shape index (κ1) is 14.4. The summed E-state index contributed by atoms with van der Waals surface area (Å²) in [6.45, 7) is 0. The van der Waals surface area contributed by atoms with E-state index in [9.17, 15) is 18.0 Å². The minimum atomic E-state index is -4.80. The molecule has 1 unspecified atom stereocenters. The zero-order chi connectivity index (χ0) is 14.8. The molecule has 1 fully saturated rings. The third-order valence-corrected chi connectivity index (χ3v) is 3.38. The van der Waals surface area contributed by atoms with Crippen LogP contribution < -0.4 is 9.64 Å². The summed E-state index contributed by atoms with van der Waals surface area (Å²) in [6, 6.07) is 5.05. The number of nitrogens with zero attached hydrogens (tertiary/aromatic N) is 4. The molecule has 1 saturated heterocycles. The van der Waals surface area contributed by atoms with Gasteiger partial charge in [-0.2, -0.15) is 0 Å². The van der Waals surface area contributed by atoms with Crippen LogP contribution in [0, 0.1) is 0 Å². The van der Waals surface area contributed by atoms with Crippen LogP contribution in [0.1, 0.15) is 0 Å². The third-order valence-electron chi connectivity index (χ3n) is 2.36. The molecule has 6 nitrogen and oxygen atoms in total. The molecule has 1 aromatic carbocycles. The van der Waals surface area contributed by atoms with Gasteiger partial charge in [0.05, 0.1) is 5.88 Å². The van der Waals surface area contributed by atoms with Gasteiger partial charge in [-0.05, 0) is 17.7 Å². The predicted octanol–water partition coefficient (Wildman–Crippen LogP) is 3.26. The number of rotatable bonds is 3. The Balaban J connectivity index is 2.20. The van der Waals surface area contributed by atoms with E-state index in [-0.39, 0.29) is 11.6 Å². The molecule has 106 valence electrons. The summed E-state index contributed by atoms with van der Waals surface area (Å²) < 4.78 is 40.2. The molecule has 1 aliphatic heterocycles. The van der Waals surface area contributed by atoms with Crippen molar-refractivity contribution in [3.63, 3.8) is 0 Å². The summed E-state index contributed by atoms with van der Waals surface area (Å²) in [4.78, 5) is 15.6. The number of hydrogen-bond acceptors (Lipinski definition) is 4. The molecule has 0 aromatic heterocycles. The van der Waals surface area contributed by atoms with Crippen LogP contribution in [0.3, 0.4) is 0 Å². The highest BCUT2D eigenvalue weighted by molar-refractivity contribution is 8.01. The van der Waals surface area contributed by atoms with Gasteiger partial charge >= 0.3 is 6.36 Å². The fourth-order valence-corrected chi connectivity index (χ4v) is 2.54. The van der Waals surface area contributed by atoms with Gasteiger partial charge in [0.25, 0.3) is 0 Å². The average Bonchev–Trinajstić information content (AvgIpc) is 2.70. The van der Waals surface area contributed by atoms with E-state index >= 15 is 0 Å². The molecule has 1 atom stereocenters. The Morgan fingerprint density at radius 2 is 2.25 bits per heavy atom. The number of carbonyl (C=O) groups is 1. The predicted molar refractivity (Wildman–Crippen MR) is 66.0 cm³/mol. The van der Waals surface area contributed by atoms with Gasteiger partial charge in [-0.3, -0.25) is 4.79 Å². The fraction of sp³-hybridized carbons (Fsp3) is 0.300. The van der Waals surface area contributed by atoms with Crippen molar-refractivity contribution in [3.8, 4) is 5.75 Å². The zero-order valence-corrected chi connectivity index (χ0v) is 10.6. The van der Waals surface area contributed by atoms with Crippen molar-refractivity contribution in [2.24, 2.45) is 5.11 Å². The molecule has 0 aliphatic carbocycles. The number of thioether (sulfide) groups is 1. The molecular formula is C10H7F3N4O2S. The number of halogens is 3. The monoisotopic (exact) mass is 304 g/mol. The lowest BCUT2D eigenvalue weighted by molar-refractivity contribution is -0.274. The SMILES string of the molecule is [N-]=[N+]=NC1SCN(c2cccc(OC(F)(F)F)c2)C1=O.